The van der Waals surface area contributed by atoms with Gasteiger partial charge in [-0.05, 0) is 97.2 Å². The topological polar surface area (TPSA) is 3.24 Å². The molecule has 0 aromatic heterocycles. The Kier molecular flexibility index (Phi) is 4.17. The molecule has 0 radical (unpaired) electrons. The highest BCUT2D eigenvalue weighted by atomic mass is 79.9. The van der Waals surface area contributed by atoms with E-state index >= 15 is 0 Å². The largest absolute Gasteiger partial charge is 0.297 e. The average molecular weight is 432 g/mol. The maximum absolute atomic E-state index is 3.86. The number of nitrogens with zero attached hydrogens (tertiary/aromatic N) is 1. The Morgan fingerprint density at radius 2 is 1.79 bits per heavy atom. The lowest BCUT2D eigenvalue weighted by molar-refractivity contribution is 0.742. The van der Waals surface area contributed by atoms with E-state index < -0.39 is 0 Å². The molecule has 0 saturated carbocycles. The van der Waals surface area contributed by atoms with Gasteiger partial charge in [-0.15, -0.1) is 0 Å². The minimum Gasteiger partial charge on any atom is -0.297 e. The fraction of sp³-hybridized carbons (Fsp3) is 0.308. The van der Waals surface area contributed by atoms with E-state index in [4.69, 9.17) is 0 Å². The number of fused-ring (bicyclic) bond motifs is 4. The van der Waals surface area contributed by atoms with Crippen LogP contribution < -0.4 is 3.93 Å². The molecule has 2 atom stereocenters. The second kappa shape index (κ2) is 6.49. The Morgan fingerprint density at radius 1 is 1.00 bits per heavy atom. The van der Waals surface area contributed by atoms with Crippen LogP contribution in [0, 0.1) is 6.92 Å². The Labute approximate surface area is 176 Å². The third kappa shape index (κ3) is 2.50. The number of anilines is 1. The van der Waals surface area contributed by atoms with Gasteiger partial charge in [0.15, 0.2) is 0 Å². The molecule has 1 heterocycles. The van der Waals surface area contributed by atoms with Crippen molar-refractivity contribution in [3.8, 4) is 0 Å². The van der Waals surface area contributed by atoms with Crippen molar-refractivity contribution in [3.63, 3.8) is 0 Å². The zero-order valence-electron chi connectivity index (χ0n) is 17.0. The molecule has 1 nitrogen and oxygen atoms in total. The number of rotatable bonds is 3. The normalized spacial score (nSPS) is 22.2. The monoisotopic (exact) mass is 431 g/mol. The van der Waals surface area contributed by atoms with Gasteiger partial charge in [-0.2, -0.15) is 0 Å². The lowest BCUT2D eigenvalue weighted by Crippen LogP contribution is -2.21. The predicted octanol–water partition coefficient (Wildman–Crippen LogP) is 7.36. The highest BCUT2D eigenvalue weighted by Crippen LogP contribution is 2.52. The standard InChI is InChI=1S/C26H26BrN/c1-15-13-24-23(25-17(3)16(2)18(4)26(25)28(24)27)14-21(15)12-11-20-10-9-19-7-5-6-8-22(19)20/h5-10,13-14,20,26H,11-12H2,1-4H3. The molecular weight excluding hydrogens is 406 g/mol. The summed E-state index contributed by atoms with van der Waals surface area (Å²) in [6, 6.07) is 14.0. The Hall–Kier alpha value is -2.06. The minimum absolute atomic E-state index is 0.356. The summed E-state index contributed by atoms with van der Waals surface area (Å²) in [6.07, 6.45) is 6.95. The fourth-order valence-corrected chi connectivity index (χ4v) is 5.99. The van der Waals surface area contributed by atoms with E-state index in [1.54, 1.807) is 0 Å². The van der Waals surface area contributed by atoms with Crippen LogP contribution in [0.25, 0.3) is 11.6 Å². The molecule has 0 spiro atoms. The van der Waals surface area contributed by atoms with Crippen LogP contribution >= 0.6 is 16.1 Å². The van der Waals surface area contributed by atoms with Gasteiger partial charge in [-0.1, -0.05) is 36.4 Å². The van der Waals surface area contributed by atoms with Gasteiger partial charge in [0.05, 0.1) is 27.9 Å². The smallest absolute Gasteiger partial charge is 0.0879 e. The summed E-state index contributed by atoms with van der Waals surface area (Å²) in [4.78, 5) is 0. The van der Waals surface area contributed by atoms with Gasteiger partial charge in [-0.3, -0.25) is 3.93 Å². The number of aryl methyl sites for hydroxylation is 2. The van der Waals surface area contributed by atoms with Crippen molar-refractivity contribution in [2.45, 2.75) is 52.5 Å². The molecule has 2 aliphatic carbocycles. The molecule has 5 rings (SSSR count). The highest BCUT2D eigenvalue weighted by Gasteiger charge is 2.40. The number of allylic oxidation sites excluding steroid dienone is 3. The highest BCUT2D eigenvalue weighted by molar-refractivity contribution is 9.10. The Morgan fingerprint density at radius 3 is 2.61 bits per heavy atom. The van der Waals surface area contributed by atoms with Crippen molar-refractivity contribution in [2.24, 2.45) is 0 Å². The summed E-state index contributed by atoms with van der Waals surface area (Å²) in [5.74, 6) is 0.544. The van der Waals surface area contributed by atoms with Crippen LogP contribution in [0.2, 0.25) is 0 Å². The van der Waals surface area contributed by atoms with Crippen LogP contribution in [0.1, 0.15) is 60.9 Å². The zero-order chi connectivity index (χ0) is 19.6. The first-order chi connectivity index (χ1) is 13.5. The summed E-state index contributed by atoms with van der Waals surface area (Å²) < 4.78 is 2.29. The molecule has 3 aliphatic rings. The van der Waals surface area contributed by atoms with Crippen molar-refractivity contribution in [1.82, 2.24) is 0 Å². The van der Waals surface area contributed by atoms with Crippen molar-refractivity contribution >= 4 is 33.5 Å². The lowest BCUT2D eigenvalue weighted by atomic mass is 9.90. The maximum atomic E-state index is 3.86. The summed E-state index contributed by atoms with van der Waals surface area (Å²) in [5.41, 5.74) is 14.4. The van der Waals surface area contributed by atoms with E-state index in [1.807, 2.05) is 0 Å². The fourth-order valence-electron chi connectivity index (χ4n) is 5.18. The summed E-state index contributed by atoms with van der Waals surface area (Å²) >= 11 is 3.86. The van der Waals surface area contributed by atoms with Crippen molar-refractivity contribution in [1.29, 1.82) is 0 Å². The molecule has 0 bridgehead atoms. The summed E-state index contributed by atoms with van der Waals surface area (Å²) in [7, 11) is 0. The number of halogens is 1. The molecule has 2 aromatic rings. The van der Waals surface area contributed by atoms with E-state index in [9.17, 15) is 0 Å². The van der Waals surface area contributed by atoms with Gasteiger partial charge >= 0.3 is 0 Å². The van der Waals surface area contributed by atoms with Gasteiger partial charge < -0.3 is 0 Å². The third-order valence-electron chi connectivity index (χ3n) is 7.07. The van der Waals surface area contributed by atoms with Crippen LogP contribution in [0.5, 0.6) is 0 Å². The maximum Gasteiger partial charge on any atom is 0.0879 e. The first-order valence-electron chi connectivity index (χ1n) is 10.2. The van der Waals surface area contributed by atoms with Gasteiger partial charge in [0.1, 0.15) is 0 Å². The Balaban J connectivity index is 1.46. The van der Waals surface area contributed by atoms with Crippen LogP contribution in [0.15, 0.2) is 59.2 Å². The summed E-state index contributed by atoms with van der Waals surface area (Å²) in [6.45, 7) is 9.08. The van der Waals surface area contributed by atoms with E-state index in [0.717, 1.165) is 6.42 Å². The van der Waals surface area contributed by atoms with Crippen LogP contribution in [-0.4, -0.2) is 6.04 Å². The molecule has 0 N–H and O–H groups in total. The predicted molar refractivity (Wildman–Crippen MR) is 124 cm³/mol. The molecule has 0 amide bonds. The number of benzene rings is 2. The molecule has 2 unspecified atom stereocenters. The Bertz CT molecular complexity index is 1090. The second-order valence-electron chi connectivity index (χ2n) is 8.49. The van der Waals surface area contributed by atoms with Crippen molar-refractivity contribution in [2.75, 3.05) is 3.93 Å². The first-order valence-corrected chi connectivity index (χ1v) is 10.9. The van der Waals surface area contributed by atoms with Crippen molar-refractivity contribution < 1.29 is 0 Å². The quantitative estimate of drug-likeness (QED) is 0.458. The van der Waals surface area contributed by atoms with Gasteiger partial charge in [0.25, 0.3) is 0 Å². The molecular formula is C26H26BrN. The molecule has 0 fully saturated rings. The number of hydrogen-bond donors (Lipinski definition) is 0. The second-order valence-corrected chi connectivity index (χ2v) is 9.25. The molecule has 0 saturated heterocycles. The average Bonchev–Trinajstić information content (AvgIpc) is 3.30. The number of hydrogen-bond acceptors (Lipinski definition) is 1. The first kappa shape index (κ1) is 18.0. The van der Waals surface area contributed by atoms with Crippen molar-refractivity contribution in [3.05, 3.63) is 87.0 Å². The summed E-state index contributed by atoms with van der Waals surface area (Å²) in [5, 5.41) is 0. The van der Waals surface area contributed by atoms with E-state index in [2.05, 4.69) is 96.3 Å². The van der Waals surface area contributed by atoms with Crippen LogP contribution in [-0.2, 0) is 6.42 Å². The molecule has 142 valence electrons. The zero-order valence-corrected chi connectivity index (χ0v) is 18.6. The van der Waals surface area contributed by atoms with Crippen LogP contribution in [0.3, 0.4) is 0 Å². The minimum atomic E-state index is 0.356. The van der Waals surface area contributed by atoms with E-state index in [-0.39, 0.29) is 0 Å². The molecule has 2 heteroatoms. The molecule has 2 aromatic carbocycles. The third-order valence-corrected chi connectivity index (χ3v) is 7.86. The SMILES string of the molecule is CC1=C(C)C2C(=C1C)c1cc(CCC3C=Cc4ccccc43)c(C)cc1N2Br. The molecule has 28 heavy (non-hydrogen) atoms. The van der Waals surface area contributed by atoms with E-state index in [0.29, 0.717) is 12.0 Å². The van der Waals surface area contributed by atoms with Gasteiger partial charge in [-0.25, -0.2) is 0 Å². The van der Waals surface area contributed by atoms with Gasteiger partial charge in [0, 0.05) is 11.5 Å². The van der Waals surface area contributed by atoms with Gasteiger partial charge in [0.2, 0.25) is 0 Å². The lowest BCUT2D eigenvalue weighted by Gasteiger charge is -2.20. The van der Waals surface area contributed by atoms with Crippen LogP contribution in [0.4, 0.5) is 5.69 Å². The van der Waals surface area contributed by atoms with E-state index in [1.165, 1.54) is 62.2 Å². The molecule has 1 aliphatic heterocycles.